The highest BCUT2D eigenvalue weighted by molar-refractivity contribution is 7.80. The Morgan fingerprint density at radius 3 is 2.38 bits per heavy atom. The van der Waals surface area contributed by atoms with Crippen LogP contribution in [0.25, 0.3) is 0 Å². The van der Waals surface area contributed by atoms with Gasteiger partial charge in [-0.2, -0.15) is 0 Å². The molecule has 2 rings (SSSR count). The number of anilines is 1. The molecule has 2 amide bonds. The smallest absolute Gasteiger partial charge is 0.257 e. The van der Waals surface area contributed by atoms with Crippen molar-refractivity contribution in [1.29, 1.82) is 0 Å². The Morgan fingerprint density at radius 1 is 1.03 bits per heavy atom. The average molecular weight is 414 g/mol. The molecule has 154 valence electrons. The number of ether oxygens (including phenoxy) is 1. The second-order valence-corrected chi connectivity index (χ2v) is 7.02. The van der Waals surface area contributed by atoms with Gasteiger partial charge in [0, 0.05) is 11.6 Å². The molecule has 29 heavy (non-hydrogen) atoms. The average Bonchev–Trinajstić information content (AvgIpc) is 2.72. The fourth-order valence-corrected chi connectivity index (χ4v) is 2.65. The summed E-state index contributed by atoms with van der Waals surface area (Å²) in [5.74, 6) is 0.177. The van der Waals surface area contributed by atoms with Crippen molar-refractivity contribution in [2.75, 3.05) is 11.9 Å². The Kier molecular flexibility index (Phi) is 8.61. The number of hydrogen-bond donors (Lipinski definition) is 3. The number of hydrogen-bond acceptors (Lipinski definition) is 4. The number of amides is 2. The first-order chi connectivity index (χ1) is 13.9. The molecule has 0 spiro atoms. The second kappa shape index (κ2) is 11.2. The molecule has 0 aliphatic heterocycles. The van der Waals surface area contributed by atoms with E-state index in [0.717, 1.165) is 12.8 Å². The third-order valence-electron chi connectivity index (χ3n) is 4.23. The van der Waals surface area contributed by atoms with Gasteiger partial charge in [0.2, 0.25) is 0 Å². The molecule has 6 nitrogen and oxygen atoms in total. The van der Waals surface area contributed by atoms with E-state index in [2.05, 4.69) is 16.0 Å². The molecule has 0 heterocycles. The molecule has 0 fully saturated rings. The van der Waals surface area contributed by atoms with Crippen molar-refractivity contribution in [1.82, 2.24) is 10.6 Å². The highest BCUT2D eigenvalue weighted by Crippen LogP contribution is 2.16. The molecule has 0 bridgehead atoms. The van der Waals surface area contributed by atoms with Gasteiger partial charge in [-0.15, -0.1) is 0 Å². The van der Waals surface area contributed by atoms with Crippen LogP contribution in [-0.4, -0.2) is 29.6 Å². The van der Waals surface area contributed by atoms with Crippen LogP contribution in [0.2, 0.25) is 0 Å². The van der Waals surface area contributed by atoms with Crippen LogP contribution in [0.5, 0.6) is 5.75 Å². The fraction of sp³-hybridized carbons (Fsp3) is 0.318. The summed E-state index contributed by atoms with van der Waals surface area (Å²) in [5.41, 5.74) is 1.45. The van der Waals surface area contributed by atoms with Crippen LogP contribution in [0.3, 0.4) is 0 Å². The van der Waals surface area contributed by atoms with Gasteiger partial charge in [-0.25, -0.2) is 0 Å². The summed E-state index contributed by atoms with van der Waals surface area (Å²) in [7, 11) is 0. The van der Waals surface area contributed by atoms with Gasteiger partial charge in [-0.1, -0.05) is 26.0 Å². The summed E-state index contributed by atoms with van der Waals surface area (Å²) in [6.07, 6.45) is 1.75. The number of benzene rings is 2. The summed E-state index contributed by atoms with van der Waals surface area (Å²) in [4.78, 5) is 24.9. The van der Waals surface area contributed by atoms with E-state index in [4.69, 9.17) is 17.0 Å². The fourth-order valence-electron chi connectivity index (χ4n) is 2.45. The van der Waals surface area contributed by atoms with Crippen LogP contribution in [-0.2, 0) is 0 Å². The molecule has 2 aromatic carbocycles. The van der Waals surface area contributed by atoms with Gasteiger partial charge in [0.1, 0.15) is 5.75 Å². The standard InChI is InChI=1S/C22H27N3O3S/c1-4-14-28-17-12-10-16(11-13-17)20(26)25-22(29)24-19-9-7-6-8-18(19)21(27)23-15(3)5-2/h6-13,15H,4-5,14H2,1-3H3,(H,23,27)(H2,24,25,26,29). The van der Waals surface area contributed by atoms with Crippen LogP contribution in [0.1, 0.15) is 54.3 Å². The Labute approximate surface area is 177 Å². The summed E-state index contributed by atoms with van der Waals surface area (Å²) in [6, 6.07) is 13.9. The maximum Gasteiger partial charge on any atom is 0.257 e. The summed E-state index contributed by atoms with van der Waals surface area (Å²) in [5, 5.41) is 8.61. The van der Waals surface area contributed by atoms with Crippen LogP contribution < -0.4 is 20.7 Å². The minimum Gasteiger partial charge on any atom is -0.494 e. The zero-order chi connectivity index (χ0) is 21.2. The van der Waals surface area contributed by atoms with Crippen LogP contribution in [0.15, 0.2) is 48.5 Å². The van der Waals surface area contributed by atoms with Crippen molar-refractivity contribution in [3.63, 3.8) is 0 Å². The van der Waals surface area contributed by atoms with Gasteiger partial charge < -0.3 is 15.4 Å². The van der Waals surface area contributed by atoms with Crippen molar-refractivity contribution in [3.05, 3.63) is 59.7 Å². The predicted octanol–water partition coefficient (Wildman–Crippen LogP) is 4.13. The normalized spacial score (nSPS) is 11.3. The molecule has 1 atom stereocenters. The molecule has 3 N–H and O–H groups in total. The van der Waals surface area contributed by atoms with E-state index in [1.54, 1.807) is 48.5 Å². The third-order valence-corrected chi connectivity index (χ3v) is 4.43. The lowest BCUT2D eigenvalue weighted by Gasteiger charge is -2.16. The molecule has 0 saturated carbocycles. The number of carbonyl (C=O) groups excluding carboxylic acids is 2. The third kappa shape index (κ3) is 6.87. The topological polar surface area (TPSA) is 79.5 Å². The molecule has 0 aliphatic rings. The minimum absolute atomic E-state index is 0.0616. The van der Waals surface area contributed by atoms with Gasteiger partial charge in [0.15, 0.2) is 5.11 Å². The molecule has 2 aromatic rings. The van der Waals surface area contributed by atoms with E-state index in [9.17, 15) is 9.59 Å². The number of carbonyl (C=O) groups is 2. The van der Waals surface area contributed by atoms with E-state index in [1.807, 2.05) is 20.8 Å². The SMILES string of the molecule is CCCOc1ccc(C(=O)NC(=S)Nc2ccccc2C(=O)NC(C)CC)cc1. The molecular weight excluding hydrogens is 386 g/mol. The first-order valence-corrected chi connectivity index (χ1v) is 10.1. The largest absolute Gasteiger partial charge is 0.494 e. The molecule has 1 unspecified atom stereocenters. The summed E-state index contributed by atoms with van der Waals surface area (Å²) >= 11 is 5.25. The van der Waals surface area contributed by atoms with Crippen molar-refractivity contribution in [2.24, 2.45) is 0 Å². The second-order valence-electron chi connectivity index (χ2n) is 6.61. The van der Waals surface area contributed by atoms with Crippen LogP contribution in [0.4, 0.5) is 5.69 Å². The maximum absolute atomic E-state index is 12.5. The van der Waals surface area contributed by atoms with E-state index >= 15 is 0 Å². The summed E-state index contributed by atoms with van der Waals surface area (Å²) < 4.78 is 5.51. The van der Waals surface area contributed by atoms with Crippen LogP contribution in [0, 0.1) is 0 Å². The molecule has 0 aliphatic carbocycles. The van der Waals surface area contributed by atoms with Crippen molar-refractivity contribution in [2.45, 2.75) is 39.7 Å². The number of rotatable bonds is 8. The first-order valence-electron chi connectivity index (χ1n) is 9.69. The Balaban J connectivity index is 2.00. The van der Waals surface area contributed by atoms with E-state index in [0.29, 0.717) is 29.2 Å². The van der Waals surface area contributed by atoms with E-state index in [1.165, 1.54) is 0 Å². The Morgan fingerprint density at radius 2 is 1.72 bits per heavy atom. The van der Waals surface area contributed by atoms with E-state index < -0.39 is 0 Å². The lowest BCUT2D eigenvalue weighted by Crippen LogP contribution is -2.36. The molecule has 0 aromatic heterocycles. The Hall–Kier alpha value is -2.93. The van der Waals surface area contributed by atoms with Gasteiger partial charge in [-0.3, -0.25) is 14.9 Å². The lowest BCUT2D eigenvalue weighted by molar-refractivity contribution is 0.0938. The van der Waals surface area contributed by atoms with E-state index in [-0.39, 0.29) is 23.0 Å². The zero-order valence-electron chi connectivity index (χ0n) is 17.0. The van der Waals surface area contributed by atoms with Crippen molar-refractivity contribution < 1.29 is 14.3 Å². The highest BCUT2D eigenvalue weighted by Gasteiger charge is 2.15. The quantitative estimate of drug-likeness (QED) is 0.567. The van der Waals surface area contributed by atoms with Gasteiger partial charge >= 0.3 is 0 Å². The monoisotopic (exact) mass is 413 g/mol. The number of nitrogens with one attached hydrogen (secondary N) is 3. The first kappa shape index (κ1) is 22.4. The predicted molar refractivity (Wildman–Crippen MR) is 120 cm³/mol. The van der Waals surface area contributed by atoms with Crippen molar-refractivity contribution in [3.8, 4) is 5.75 Å². The molecular formula is C22H27N3O3S. The van der Waals surface area contributed by atoms with Crippen LogP contribution >= 0.6 is 12.2 Å². The zero-order valence-corrected chi connectivity index (χ0v) is 17.8. The molecule has 0 radical (unpaired) electrons. The summed E-state index contributed by atoms with van der Waals surface area (Å²) in [6.45, 7) is 6.60. The van der Waals surface area contributed by atoms with Gasteiger partial charge in [0.05, 0.1) is 17.9 Å². The minimum atomic E-state index is -0.342. The number of para-hydroxylation sites is 1. The van der Waals surface area contributed by atoms with Crippen molar-refractivity contribution >= 4 is 34.8 Å². The number of thiocarbonyl (C=S) groups is 1. The van der Waals surface area contributed by atoms with Gasteiger partial charge in [0.25, 0.3) is 11.8 Å². The molecule has 7 heteroatoms. The maximum atomic E-state index is 12.5. The lowest BCUT2D eigenvalue weighted by atomic mass is 10.1. The highest BCUT2D eigenvalue weighted by atomic mass is 32.1. The van der Waals surface area contributed by atoms with Gasteiger partial charge in [-0.05, 0) is 68.4 Å². The Bertz CT molecular complexity index is 853. The molecule has 0 saturated heterocycles.